The van der Waals surface area contributed by atoms with Crippen molar-refractivity contribution in [2.24, 2.45) is 0 Å². The predicted octanol–water partition coefficient (Wildman–Crippen LogP) is 1.49. The second-order valence-electron chi connectivity index (χ2n) is 2.72. The topological polar surface area (TPSA) is 45.1 Å². The predicted molar refractivity (Wildman–Crippen MR) is 55.4 cm³/mol. The minimum Gasteiger partial charge on any atom is -0.385 e. The zero-order chi connectivity index (χ0) is 9.68. The van der Waals surface area contributed by atoms with Crippen molar-refractivity contribution in [2.45, 2.75) is 13.0 Å². The first-order valence-electron chi connectivity index (χ1n) is 4.24. The van der Waals surface area contributed by atoms with Crippen LogP contribution in [-0.4, -0.2) is 23.2 Å². The lowest BCUT2D eigenvalue weighted by Crippen LogP contribution is -2.21. The van der Waals surface area contributed by atoms with Crippen molar-refractivity contribution in [2.75, 3.05) is 13.1 Å². The molecule has 1 atom stereocenters. The average Bonchev–Trinajstić information content (AvgIpc) is 2.15. The van der Waals surface area contributed by atoms with E-state index in [4.69, 9.17) is 0 Å². The van der Waals surface area contributed by atoms with Gasteiger partial charge < -0.3 is 10.4 Å². The summed E-state index contributed by atoms with van der Waals surface area (Å²) in [6, 6.07) is 3.68. The number of aromatic nitrogens is 1. The molecule has 0 aliphatic heterocycles. The molecule has 0 saturated heterocycles. The number of nitrogens with zero attached hydrogens (tertiary/aromatic N) is 1. The fraction of sp³-hybridized carbons (Fsp3) is 0.444. The summed E-state index contributed by atoms with van der Waals surface area (Å²) in [5, 5.41) is 12.7. The zero-order valence-electron chi connectivity index (χ0n) is 7.50. The maximum atomic E-state index is 9.60. The summed E-state index contributed by atoms with van der Waals surface area (Å²) < 4.78 is 0.923. The van der Waals surface area contributed by atoms with Gasteiger partial charge in [0.1, 0.15) is 6.10 Å². The molecule has 72 valence electrons. The summed E-state index contributed by atoms with van der Waals surface area (Å²) in [6.45, 7) is 3.40. The molecule has 0 aliphatic rings. The van der Waals surface area contributed by atoms with E-state index < -0.39 is 6.10 Å². The van der Waals surface area contributed by atoms with E-state index in [1.54, 1.807) is 6.20 Å². The SMILES string of the molecule is CCNC[C@H](O)c1ccc(Br)cn1. The molecule has 0 amide bonds. The third kappa shape index (κ3) is 3.42. The van der Waals surface area contributed by atoms with Gasteiger partial charge in [0.2, 0.25) is 0 Å². The zero-order valence-corrected chi connectivity index (χ0v) is 9.08. The lowest BCUT2D eigenvalue weighted by molar-refractivity contribution is 0.171. The molecule has 13 heavy (non-hydrogen) atoms. The molecule has 0 unspecified atom stereocenters. The summed E-state index contributed by atoms with van der Waals surface area (Å²) >= 11 is 3.29. The van der Waals surface area contributed by atoms with E-state index in [1.807, 2.05) is 19.1 Å². The van der Waals surface area contributed by atoms with Gasteiger partial charge in [-0.2, -0.15) is 0 Å². The summed E-state index contributed by atoms with van der Waals surface area (Å²) in [6.07, 6.45) is 1.16. The third-order valence-electron chi connectivity index (χ3n) is 1.68. The van der Waals surface area contributed by atoms with Gasteiger partial charge in [0.25, 0.3) is 0 Å². The number of halogens is 1. The number of pyridine rings is 1. The quantitative estimate of drug-likeness (QED) is 0.844. The minimum atomic E-state index is -0.520. The summed E-state index contributed by atoms with van der Waals surface area (Å²) in [7, 11) is 0. The third-order valence-corrected chi connectivity index (χ3v) is 2.15. The van der Waals surface area contributed by atoms with Gasteiger partial charge in [-0.1, -0.05) is 6.92 Å². The molecule has 0 fully saturated rings. The summed E-state index contributed by atoms with van der Waals surface area (Å²) in [5.41, 5.74) is 0.698. The first-order chi connectivity index (χ1) is 6.24. The van der Waals surface area contributed by atoms with Crippen LogP contribution in [0, 0.1) is 0 Å². The fourth-order valence-electron chi connectivity index (χ4n) is 0.970. The average molecular weight is 245 g/mol. The van der Waals surface area contributed by atoms with E-state index in [-0.39, 0.29) is 0 Å². The molecule has 1 aromatic rings. The van der Waals surface area contributed by atoms with Crippen LogP contribution in [0.5, 0.6) is 0 Å². The molecule has 0 aromatic carbocycles. The molecule has 1 aromatic heterocycles. The highest BCUT2D eigenvalue weighted by atomic mass is 79.9. The molecule has 1 heterocycles. The maximum Gasteiger partial charge on any atom is 0.108 e. The normalized spacial score (nSPS) is 12.8. The van der Waals surface area contributed by atoms with Gasteiger partial charge in [0.15, 0.2) is 0 Å². The highest BCUT2D eigenvalue weighted by Crippen LogP contribution is 2.12. The van der Waals surface area contributed by atoms with E-state index in [0.717, 1.165) is 11.0 Å². The first-order valence-corrected chi connectivity index (χ1v) is 5.03. The molecule has 3 nitrogen and oxygen atoms in total. The van der Waals surface area contributed by atoms with E-state index >= 15 is 0 Å². The molecular weight excluding hydrogens is 232 g/mol. The Hall–Kier alpha value is -0.450. The van der Waals surface area contributed by atoms with Crippen LogP contribution in [0.25, 0.3) is 0 Å². The van der Waals surface area contributed by atoms with Crippen molar-refractivity contribution < 1.29 is 5.11 Å². The van der Waals surface area contributed by atoms with Crippen LogP contribution in [0.15, 0.2) is 22.8 Å². The van der Waals surface area contributed by atoms with Gasteiger partial charge in [-0.25, -0.2) is 0 Å². The summed E-state index contributed by atoms with van der Waals surface area (Å²) in [4.78, 5) is 4.09. The Morgan fingerprint density at radius 3 is 2.92 bits per heavy atom. The van der Waals surface area contributed by atoms with Gasteiger partial charge in [-0.15, -0.1) is 0 Å². The van der Waals surface area contributed by atoms with Crippen LogP contribution in [0.2, 0.25) is 0 Å². The smallest absolute Gasteiger partial charge is 0.108 e. The van der Waals surface area contributed by atoms with Crippen LogP contribution >= 0.6 is 15.9 Å². The van der Waals surface area contributed by atoms with Crippen molar-refractivity contribution in [3.05, 3.63) is 28.5 Å². The van der Waals surface area contributed by atoms with E-state index in [1.165, 1.54) is 0 Å². The highest BCUT2D eigenvalue weighted by Gasteiger charge is 2.06. The number of hydrogen-bond acceptors (Lipinski definition) is 3. The number of nitrogens with one attached hydrogen (secondary N) is 1. The lowest BCUT2D eigenvalue weighted by atomic mass is 10.2. The van der Waals surface area contributed by atoms with E-state index in [2.05, 4.69) is 26.2 Å². The Bertz CT molecular complexity index is 250. The van der Waals surface area contributed by atoms with Crippen molar-refractivity contribution in [3.63, 3.8) is 0 Å². The largest absolute Gasteiger partial charge is 0.385 e. The van der Waals surface area contributed by atoms with E-state index in [9.17, 15) is 5.11 Å². The highest BCUT2D eigenvalue weighted by molar-refractivity contribution is 9.10. The van der Waals surface area contributed by atoms with Crippen molar-refractivity contribution in [1.29, 1.82) is 0 Å². The van der Waals surface area contributed by atoms with E-state index in [0.29, 0.717) is 12.2 Å². The number of aliphatic hydroxyl groups is 1. The van der Waals surface area contributed by atoms with Crippen LogP contribution in [0.3, 0.4) is 0 Å². The minimum absolute atomic E-state index is 0.520. The lowest BCUT2D eigenvalue weighted by Gasteiger charge is -2.09. The van der Waals surface area contributed by atoms with Gasteiger partial charge in [0, 0.05) is 17.2 Å². The molecule has 0 bridgehead atoms. The monoisotopic (exact) mass is 244 g/mol. The van der Waals surface area contributed by atoms with Crippen LogP contribution in [0.1, 0.15) is 18.7 Å². The molecule has 0 radical (unpaired) electrons. The molecule has 4 heteroatoms. The molecule has 0 aliphatic carbocycles. The number of rotatable bonds is 4. The molecule has 2 N–H and O–H groups in total. The van der Waals surface area contributed by atoms with Crippen molar-refractivity contribution in [3.8, 4) is 0 Å². The maximum absolute atomic E-state index is 9.60. The van der Waals surface area contributed by atoms with Gasteiger partial charge >= 0.3 is 0 Å². The van der Waals surface area contributed by atoms with Gasteiger partial charge in [0.05, 0.1) is 5.69 Å². The second-order valence-corrected chi connectivity index (χ2v) is 3.64. The summed E-state index contributed by atoms with van der Waals surface area (Å²) in [5.74, 6) is 0. The molecular formula is C9H13BrN2O. The van der Waals surface area contributed by atoms with Gasteiger partial charge in [-0.3, -0.25) is 4.98 Å². The van der Waals surface area contributed by atoms with Crippen molar-refractivity contribution in [1.82, 2.24) is 10.3 Å². The number of likely N-dealkylation sites (N-methyl/N-ethyl adjacent to an activating group) is 1. The van der Waals surface area contributed by atoms with Crippen LogP contribution in [-0.2, 0) is 0 Å². The van der Waals surface area contributed by atoms with Crippen LogP contribution < -0.4 is 5.32 Å². The molecule has 0 spiro atoms. The Labute approximate surface area is 86.3 Å². The Balaban J connectivity index is 2.55. The Morgan fingerprint density at radius 1 is 1.62 bits per heavy atom. The van der Waals surface area contributed by atoms with Gasteiger partial charge in [-0.05, 0) is 34.6 Å². The Morgan fingerprint density at radius 2 is 2.38 bits per heavy atom. The second kappa shape index (κ2) is 5.32. The number of aliphatic hydroxyl groups excluding tert-OH is 1. The Kier molecular flexibility index (Phi) is 4.35. The number of hydrogen-bond donors (Lipinski definition) is 2. The molecule has 1 rings (SSSR count). The first kappa shape index (κ1) is 10.6. The molecule has 0 saturated carbocycles. The van der Waals surface area contributed by atoms with Crippen LogP contribution in [0.4, 0.5) is 0 Å². The fourth-order valence-corrected chi connectivity index (χ4v) is 1.20. The van der Waals surface area contributed by atoms with Crippen molar-refractivity contribution >= 4 is 15.9 Å². The standard InChI is InChI=1S/C9H13BrN2O/c1-2-11-6-9(13)8-4-3-7(10)5-12-8/h3-5,9,11,13H,2,6H2,1H3/t9-/m0/s1.